The van der Waals surface area contributed by atoms with Crippen molar-refractivity contribution in [3.63, 3.8) is 0 Å². The van der Waals surface area contributed by atoms with Crippen LogP contribution in [0.5, 0.6) is 0 Å². The Morgan fingerprint density at radius 2 is 1.95 bits per heavy atom. The predicted octanol–water partition coefficient (Wildman–Crippen LogP) is 2.22. The fraction of sp³-hybridized carbons (Fsp3) is 0.529. The molecule has 0 aromatic heterocycles. The quantitative estimate of drug-likeness (QED) is 0.875. The van der Waals surface area contributed by atoms with Crippen LogP contribution in [0.4, 0.5) is 0 Å². The van der Waals surface area contributed by atoms with Gasteiger partial charge in [0.1, 0.15) is 0 Å². The summed E-state index contributed by atoms with van der Waals surface area (Å²) in [6.07, 6.45) is 3.51. The van der Waals surface area contributed by atoms with E-state index in [1.165, 1.54) is 6.42 Å². The molecular weight excluding hydrogens is 280 g/mol. The van der Waals surface area contributed by atoms with Crippen molar-refractivity contribution in [1.82, 2.24) is 9.80 Å². The van der Waals surface area contributed by atoms with E-state index in [0.29, 0.717) is 13.1 Å². The van der Waals surface area contributed by atoms with E-state index < -0.39 is 5.97 Å². The normalized spacial score (nSPS) is 15.1. The van der Waals surface area contributed by atoms with Crippen LogP contribution in [0.3, 0.4) is 0 Å². The number of carboxylic acid groups (broad SMARTS) is 1. The number of aliphatic carboxylic acids is 1. The standard InChI is InChI=1S/C17H24N2O3/c1-18(11-8-16(20)21)13-14-6-5-7-15(12-14)17(22)19-9-3-2-4-10-19/h5-7,12H,2-4,8-11,13H2,1H3,(H,20,21). The Bertz CT molecular complexity index is 524. The van der Waals surface area contributed by atoms with Gasteiger partial charge in [-0.1, -0.05) is 12.1 Å². The van der Waals surface area contributed by atoms with Crippen molar-refractivity contribution in [2.24, 2.45) is 0 Å². The monoisotopic (exact) mass is 304 g/mol. The van der Waals surface area contributed by atoms with E-state index in [4.69, 9.17) is 5.11 Å². The molecule has 0 atom stereocenters. The van der Waals surface area contributed by atoms with Crippen molar-refractivity contribution in [3.05, 3.63) is 35.4 Å². The van der Waals surface area contributed by atoms with Crippen molar-refractivity contribution in [1.29, 1.82) is 0 Å². The molecule has 0 aliphatic carbocycles. The fourth-order valence-electron chi connectivity index (χ4n) is 2.76. The van der Waals surface area contributed by atoms with Gasteiger partial charge >= 0.3 is 5.97 Å². The average molecular weight is 304 g/mol. The van der Waals surface area contributed by atoms with Gasteiger partial charge in [0, 0.05) is 31.7 Å². The Morgan fingerprint density at radius 1 is 1.23 bits per heavy atom. The van der Waals surface area contributed by atoms with E-state index >= 15 is 0 Å². The smallest absolute Gasteiger partial charge is 0.304 e. The molecule has 0 saturated carbocycles. The summed E-state index contributed by atoms with van der Waals surface area (Å²) in [6.45, 7) is 2.84. The molecule has 120 valence electrons. The number of nitrogens with zero attached hydrogens (tertiary/aromatic N) is 2. The van der Waals surface area contributed by atoms with Gasteiger partial charge in [0.25, 0.3) is 5.91 Å². The van der Waals surface area contributed by atoms with Gasteiger partial charge in [-0.05, 0) is 44.0 Å². The number of hydrogen-bond acceptors (Lipinski definition) is 3. The lowest BCUT2D eigenvalue weighted by atomic mass is 10.1. The van der Waals surface area contributed by atoms with Crippen LogP contribution in [0, 0.1) is 0 Å². The molecule has 1 aromatic carbocycles. The topological polar surface area (TPSA) is 60.9 Å². The molecule has 2 rings (SSSR count). The van der Waals surface area contributed by atoms with Crippen LogP contribution in [0.2, 0.25) is 0 Å². The van der Waals surface area contributed by atoms with Crippen molar-refractivity contribution in [2.45, 2.75) is 32.2 Å². The molecule has 1 fully saturated rings. The molecule has 1 amide bonds. The second-order valence-electron chi connectivity index (χ2n) is 5.93. The van der Waals surface area contributed by atoms with Crippen molar-refractivity contribution >= 4 is 11.9 Å². The number of amides is 1. The maximum Gasteiger partial charge on any atom is 0.304 e. The third-order valence-corrected chi connectivity index (χ3v) is 3.98. The van der Waals surface area contributed by atoms with Crippen LogP contribution in [0.1, 0.15) is 41.6 Å². The number of hydrogen-bond donors (Lipinski definition) is 1. The SMILES string of the molecule is CN(CCC(=O)O)Cc1cccc(C(=O)N2CCCCC2)c1. The minimum atomic E-state index is -0.791. The number of carboxylic acids is 1. The van der Waals surface area contributed by atoms with E-state index in [2.05, 4.69) is 0 Å². The zero-order valence-electron chi connectivity index (χ0n) is 13.1. The summed E-state index contributed by atoms with van der Waals surface area (Å²) in [5.41, 5.74) is 1.77. The van der Waals surface area contributed by atoms with E-state index in [1.807, 2.05) is 41.1 Å². The van der Waals surface area contributed by atoms with Gasteiger partial charge in [-0.3, -0.25) is 9.59 Å². The lowest BCUT2D eigenvalue weighted by Crippen LogP contribution is -2.35. The first-order valence-electron chi connectivity index (χ1n) is 7.85. The first-order chi connectivity index (χ1) is 10.6. The van der Waals surface area contributed by atoms with Crippen molar-refractivity contribution < 1.29 is 14.7 Å². The van der Waals surface area contributed by atoms with Crippen LogP contribution < -0.4 is 0 Å². The van der Waals surface area contributed by atoms with E-state index in [1.54, 1.807) is 0 Å². The zero-order valence-corrected chi connectivity index (χ0v) is 13.1. The predicted molar refractivity (Wildman–Crippen MR) is 84.8 cm³/mol. The maximum atomic E-state index is 12.5. The molecule has 5 nitrogen and oxygen atoms in total. The summed E-state index contributed by atoms with van der Waals surface area (Å²) in [5.74, 6) is -0.685. The summed E-state index contributed by atoms with van der Waals surface area (Å²) in [6, 6.07) is 7.66. The summed E-state index contributed by atoms with van der Waals surface area (Å²) in [5, 5.41) is 8.71. The molecule has 0 radical (unpaired) electrons. The van der Waals surface area contributed by atoms with E-state index in [0.717, 1.165) is 37.1 Å². The Morgan fingerprint density at radius 3 is 2.64 bits per heavy atom. The lowest BCUT2D eigenvalue weighted by Gasteiger charge is -2.27. The second-order valence-corrected chi connectivity index (χ2v) is 5.93. The van der Waals surface area contributed by atoms with Gasteiger partial charge in [-0.15, -0.1) is 0 Å². The first kappa shape index (κ1) is 16.5. The number of carbonyl (C=O) groups is 2. The minimum Gasteiger partial charge on any atom is -0.481 e. The van der Waals surface area contributed by atoms with Gasteiger partial charge < -0.3 is 14.9 Å². The summed E-state index contributed by atoms with van der Waals surface area (Å²) in [4.78, 5) is 27.0. The van der Waals surface area contributed by atoms with Crippen LogP contribution in [0.25, 0.3) is 0 Å². The zero-order chi connectivity index (χ0) is 15.9. The third kappa shape index (κ3) is 4.84. The van der Waals surface area contributed by atoms with Crippen LogP contribution in [0.15, 0.2) is 24.3 Å². The molecule has 1 saturated heterocycles. The summed E-state index contributed by atoms with van der Waals surface area (Å²) in [7, 11) is 1.89. The van der Waals surface area contributed by atoms with Gasteiger partial charge in [-0.2, -0.15) is 0 Å². The van der Waals surface area contributed by atoms with E-state index in [9.17, 15) is 9.59 Å². The van der Waals surface area contributed by atoms with Crippen molar-refractivity contribution in [2.75, 3.05) is 26.7 Å². The Labute approximate surface area is 131 Å². The molecule has 1 aliphatic heterocycles. The number of benzene rings is 1. The minimum absolute atomic E-state index is 0.106. The largest absolute Gasteiger partial charge is 0.481 e. The lowest BCUT2D eigenvalue weighted by molar-refractivity contribution is -0.137. The number of likely N-dealkylation sites (tertiary alicyclic amines) is 1. The van der Waals surface area contributed by atoms with Gasteiger partial charge in [0.15, 0.2) is 0 Å². The second kappa shape index (κ2) is 7.94. The molecule has 5 heteroatoms. The number of rotatable bonds is 6. The summed E-state index contributed by atoms with van der Waals surface area (Å²) >= 11 is 0. The first-order valence-corrected chi connectivity index (χ1v) is 7.85. The Balaban J connectivity index is 1.96. The van der Waals surface area contributed by atoms with Crippen LogP contribution in [-0.2, 0) is 11.3 Å². The summed E-state index contributed by atoms with van der Waals surface area (Å²) < 4.78 is 0. The highest BCUT2D eigenvalue weighted by Gasteiger charge is 2.18. The van der Waals surface area contributed by atoms with Crippen molar-refractivity contribution in [3.8, 4) is 0 Å². The molecule has 0 unspecified atom stereocenters. The van der Waals surface area contributed by atoms with Gasteiger partial charge in [0.05, 0.1) is 6.42 Å². The molecule has 1 aliphatic rings. The van der Waals surface area contributed by atoms with Gasteiger partial charge in [0.2, 0.25) is 0 Å². The highest BCUT2D eigenvalue weighted by atomic mass is 16.4. The molecule has 0 bridgehead atoms. The van der Waals surface area contributed by atoms with Crippen LogP contribution >= 0.6 is 0 Å². The average Bonchev–Trinajstić information content (AvgIpc) is 2.53. The number of piperidine rings is 1. The van der Waals surface area contributed by atoms with E-state index in [-0.39, 0.29) is 12.3 Å². The molecular formula is C17H24N2O3. The molecule has 0 spiro atoms. The van der Waals surface area contributed by atoms with Crippen LogP contribution in [-0.4, -0.2) is 53.5 Å². The maximum absolute atomic E-state index is 12.5. The Hall–Kier alpha value is -1.88. The highest BCUT2D eigenvalue weighted by Crippen LogP contribution is 2.15. The third-order valence-electron chi connectivity index (χ3n) is 3.98. The highest BCUT2D eigenvalue weighted by molar-refractivity contribution is 5.94. The molecule has 1 N–H and O–H groups in total. The molecule has 1 aromatic rings. The molecule has 1 heterocycles. The Kier molecular flexibility index (Phi) is 5.95. The molecule has 22 heavy (non-hydrogen) atoms. The number of carbonyl (C=O) groups excluding carboxylic acids is 1. The fourth-order valence-corrected chi connectivity index (χ4v) is 2.76. The van der Waals surface area contributed by atoms with Gasteiger partial charge in [-0.25, -0.2) is 0 Å².